The van der Waals surface area contributed by atoms with Crippen molar-refractivity contribution in [3.63, 3.8) is 0 Å². The SMILES string of the molecule is CCC(C)n1c2ccccc2c2cccc(-c3ccccc3)c21. The zero-order valence-electron chi connectivity index (χ0n) is 13.7. The lowest BCUT2D eigenvalue weighted by molar-refractivity contribution is 0.563. The summed E-state index contributed by atoms with van der Waals surface area (Å²) in [6, 6.07) is 26.6. The highest BCUT2D eigenvalue weighted by molar-refractivity contribution is 6.12. The summed E-state index contributed by atoms with van der Waals surface area (Å²) in [5.41, 5.74) is 5.29. The van der Waals surface area contributed by atoms with Gasteiger partial charge in [0.05, 0.1) is 5.52 Å². The summed E-state index contributed by atoms with van der Waals surface area (Å²) >= 11 is 0. The molecule has 0 aliphatic carbocycles. The minimum absolute atomic E-state index is 0.474. The predicted molar refractivity (Wildman–Crippen MR) is 99.9 cm³/mol. The Labute approximate surface area is 137 Å². The molecule has 0 N–H and O–H groups in total. The van der Waals surface area contributed by atoms with Crippen LogP contribution in [-0.2, 0) is 0 Å². The molecule has 4 aromatic rings. The van der Waals surface area contributed by atoms with Crippen LogP contribution in [0.4, 0.5) is 0 Å². The van der Waals surface area contributed by atoms with Gasteiger partial charge in [-0.1, -0.05) is 73.7 Å². The molecule has 0 aliphatic heterocycles. The van der Waals surface area contributed by atoms with Crippen molar-refractivity contribution in [1.82, 2.24) is 4.57 Å². The maximum Gasteiger partial charge on any atom is 0.0573 e. The normalized spacial score (nSPS) is 12.8. The average Bonchev–Trinajstić information content (AvgIpc) is 2.96. The van der Waals surface area contributed by atoms with Crippen LogP contribution in [0.25, 0.3) is 32.9 Å². The average molecular weight is 299 g/mol. The van der Waals surface area contributed by atoms with E-state index in [4.69, 9.17) is 0 Å². The Morgan fingerprint density at radius 2 is 1.48 bits per heavy atom. The number of fused-ring (bicyclic) bond motifs is 3. The van der Waals surface area contributed by atoms with Crippen molar-refractivity contribution in [2.75, 3.05) is 0 Å². The molecule has 0 radical (unpaired) electrons. The predicted octanol–water partition coefficient (Wildman–Crippen LogP) is 6.43. The second kappa shape index (κ2) is 5.58. The zero-order chi connectivity index (χ0) is 15.8. The van der Waals surface area contributed by atoms with E-state index in [1.165, 1.54) is 32.9 Å². The summed E-state index contributed by atoms with van der Waals surface area (Å²) in [5.74, 6) is 0. The first kappa shape index (κ1) is 14.1. The van der Waals surface area contributed by atoms with Crippen molar-refractivity contribution in [3.8, 4) is 11.1 Å². The molecule has 3 aromatic carbocycles. The number of aromatic nitrogens is 1. The standard InChI is InChI=1S/C22H21N/c1-3-16(2)23-21-15-8-7-12-19(21)20-14-9-13-18(22(20)23)17-10-5-4-6-11-17/h4-16H,3H2,1-2H3. The Kier molecular flexibility index (Phi) is 3.42. The summed E-state index contributed by atoms with van der Waals surface area (Å²) < 4.78 is 2.52. The van der Waals surface area contributed by atoms with Crippen molar-refractivity contribution in [3.05, 3.63) is 72.8 Å². The van der Waals surface area contributed by atoms with Gasteiger partial charge in [-0.15, -0.1) is 0 Å². The molecule has 1 aromatic heterocycles. The Bertz CT molecular complexity index is 963. The number of hydrogen-bond donors (Lipinski definition) is 0. The first-order chi connectivity index (χ1) is 11.3. The molecular formula is C22H21N. The summed E-state index contributed by atoms with van der Waals surface area (Å²) in [5, 5.41) is 2.70. The first-order valence-corrected chi connectivity index (χ1v) is 8.38. The number of nitrogens with zero attached hydrogens (tertiary/aromatic N) is 1. The van der Waals surface area contributed by atoms with E-state index < -0.39 is 0 Å². The van der Waals surface area contributed by atoms with Gasteiger partial charge in [0.25, 0.3) is 0 Å². The Hall–Kier alpha value is -2.54. The molecule has 1 unspecified atom stereocenters. The molecule has 23 heavy (non-hydrogen) atoms. The fraction of sp³-hybridized carbons (Fsp3) is 0.182. The molecule has 0 spiro atoms. The molecule has 0 aliphatic rings. The molecule has 0 amide bonds. The van der Waals surface area contributed by atoms with Gasteiger partial charge in [0.2, 0.25) is 0 Å². The second-order valence-corrected chi connectivity index (χ2v) is 6.21. The van der Waals surface area contributed by atoms with Crippen molar-refractivity contribution < 1.29 is 0 Å². The highest BCUT2D eigenvalue weighted by Crippen LogP contribution is 2.38. The van der Waals surface area contributed by atoms with Gasteiger partial charge in [-0.2, -0.15) is 0 Å². The van der Waals surface area contributed by atoms with Gasteiger partial charge >= 0.3 is 0 Å². The van der Waals surface area contributed by atoms with E-state index in [1.54, 1.807) is 0 Å². The van der Waals surface area contributed by atoms with Gasteiger partial charge in [0.15, 0.2) is 0 Å². The molecular weight excluding hydrogens is 278 g/mol. The minimum atomic E-state index is 0.474. The van der Waals surface area contributed by atoms with E-state index in [1.807, 2.05) is 0 Å². The summed E-state index contributed by atoms with van der Waals surface area (Å²) in [6.07, 6.45) is 1.12. The van der Waals surface area contributed by atoms with Crippen molar-refractivity contribution in [2.45, 2.75) is 26.3 Å². The van der Waals surface area contributed by atoms with Gasteiger partial charge in [0, 0.05) is 27.9 Å². The highest BCUT2D eigenvalue weighted by atomic mass is 15.0. The molecule has 0 saturated heterocycles. The van der Waals surface area contributed by atoms with Crippen LogP contribution in [0.2, 0.25) is 0 Å². The van der Waals surface area contributed by atoms with E-state index >= 15 is 0 Å². The van der Waals surface area contributed by atoms with Gasteiger partial charge in [-0.05, 0) is 25.0 Å². The number of hydrogen-bond acceptors (Lipinski definition) is 0. The van der Waals surface area contributed by atoms with Crippen LogP contribution in [0.1, 0.15) is 26.3 Å². The van der Waals surface area contributed by atoms with E-state index in [-0.39, 0.29) is 0 Å². The summed E-state index contributed by atoms with van der Waals surface area (Å²) in [7, 11) is 0. The van der Waals surface area contributed by atoms with Gasteiger partial charge in [0.1, 0.15) is 0 Å². The maximum absolute atomic E-state index is 2.52. The lowest BCUT2D eigenvalue weighted by Gasteiger charge is -2.17. The van der Waals surface area contributed by atoms with Crippen LogP contribution in [0.15, 0.2) is 72.8 Å². The van der Waals surface area contributed by atoms with Crippen LogP contribution < -0.4 is 0 Å². The Balaban J connectivity index is 2.18. The van der Waals surface area contributed by atoms with E-state index in [0.717, 1.165) is 6.42 Å². The third-order valence-electron chi connectivity index (χ3n) is 4.85. The number of para-hydroxylation sites is 2. The summed E-state index contributed by atoms with van der Waals surface area (Å²) in [6.45, 7) is 4.57. The first-order valence-electron chi connectivity index (χ1n) is 8.38. The Morgan fingerprint density at radius 3 is 2.26 bits per heavy atom. The van der Waals surface area contributed by atoms with Crippen molar-refractivity contribution in [1.29, 1.82) is 0 Å². The van der Waals surface area contributed by atoms with Gasteiger partial charge < -0.3 is 4.57 Å². The monoisotopic (exact) mass is 299 g/mol. The van der Waals surface area contributed by atoms with Crippen LogP contribution in [0, 0.1) is 0 Å². The minimum Gasteiger partial charge on any atom is -0.337 e. The molecule has 1 heterocycles. The third-order valence-corrected chi connectivity index (χ3v) is 4.85. The lowest BCUT2D eigenvalue weighted by Crippen LogP contribution is -2.04. The third kappa shape index (κ3) is 2.16. The van der Waals surface area contributed by atoms with Crippen LogP contribution in [0.5, 0.6) is 0 Å². The Morgan fingerprint density at radius 1 is 0.783 bits per heavy atom. The molecule has 4 rings (SSSR count). The zero-order valence-corrected chi connectivity index (χ0v) is 13.7. The molecule has 0 saturated carbocycles. The molecule has 1 heteroatoms. The quantitative estimate of drug-likeness (QED) is 0.410. The lowest BCUT2D eigenvalue weighted by atomic mass is 10.0. The molecule has 114 valence electrons. The number of benzene rings is 3. The van der Waals surface area contributed by atoms with E-state index in [9.17, 15) is 0 Å². The fourth-order valence-electron chi connectivity index (χ4n) is 3.54. The van der Waals surface area contributed by atoms with E-state index in [0.29, 0.717) is 6.04 Å². The maximum atomic E-state index is 2.52. The second-order valence-electron chi connectivity index (χ2n) is 6.21. The molecule has 0 fully saturated rings. The largest absolute Gasteiger partial charge is 0.337 e. The molecule has 1 nitrogen and oxygen atoms in total. The van der Waals surface area contributed by atoms with Crippen LogP contribution >= 0.6 is 0 Å². The van der Waals surface area contributed by atoms with Gasteiger partial charge in [-0.3, -0.25) is 0 Å². The smallest absolute Gasteiger partial charge is 0.0573 e. The van der Waals surface area contributed by atoms with Crippen molar-refractivity contribution >= 4 is 21.8 Å². The summed E-state index contributed by atoms with van der Waals surface area (Å²) in [4.78, 5) is 0. The van der Waals surface area contributed by atoms with Crippen LogP contribution in [0.3, 0.4) is 0 Å². The van der Waals surface area contributed by atoms with Crippen LogP contribution in [-0.4, -0.2) is 4.57 Å². The highest BCUT2D eigenvalue weighted by Gasteiger charge is 2.17. The van der Waals surface area contributed by atoms with E-state index in [2.05, 4.69) is 91.2 Å². The fourth-order valence-corrected chi connectivity index (χ4v) is 3.54. The molecule has 1 atom stereocenters. The topological polar surface area (TPSA) is 4.93 Å². The number of rotatable bonds is 3. The molecule has 0 bridgehead atoms. The van der Waals surface area contributed by atoms with Crippen molar-refractivity contribution in [2.24, 2.45) is 0 Å². The van der Waals surface area contributed by atoms with Gasteiger partial charge in [-0.25, -0.2) is 0 Å².